The minimum Gasteiger partial charge on any atom is -0.489 e. The summed E-state index contributed by atoms with van der Waals surface area (Å²) in [6.07, 6.45) is 7.71. The topological polar surface area (TPSA) is 95.7 Å². The first-order chi connectivity index (χ1) is 15.0. The molecule has 1 saturated heterocycles. The van der Waals surface area contributed by atoms with Crippen LogP contribution in [0.25, 0.3) is 11.3 Å². The second kappa shape index (κ2) is 9.78. The number of hydrogen-bond acceptors (Lipinski definition) is 6. The number of carbonyl (C=O) groups is 1. The fourth-order valence-corrected chi connectivity index (χ4v) is 4.34. The third-order valence-corrected chi connectivity index (χ3v) is 6.19. The number of carboxylic acids is 1. The maximum atomic E-state index is 11.3. The molecule has 31 heavy (non-hydrogen) atoms. The van der Waals surface area contributed by atoms with Crippen LogP contribution in [-0.2, 0) is 27.9 Å². The Hall–Kier alpha value is -2.45. The molecular weight excluding hydrogens is 398 g/mol. The van der Waals surface area contributed by atoms with Gasteiger partial charge >= 0.3 is 5.97 Å². The molecule has 2 fully saturated rings. The van der Waals surface area contributed by atoms with Crippen LogP contribution in [0.2, 0.25) is 0 Å². The molecule has 1 aliphatic carbocycles. The Kier molecular flexibility index (Phi) is 6.87. The van der Waals surface area contributed by atoms with Crippen molar-refractivity contribution in [2.75, 3.05) is 6.61 Å². The molecule has 2 aliphatic rings. The average Bonchev–Trinajstić information content (AvgIpc) is 3.15. The van der Waals surface area contributed by atoms with Crippen molar-refractivity contribution in [3.05, 3.63) is 29.7 Å². The maximum absolute atomic E-state index is 11.3. The summed E-state index contributed by atoms with van der Waals surface area (Å²) in [5.41, 5.74) is 3.47. The van der Waals surface area contributed by atoms with Crippen molar-refractivity contribution < 1.29 is 24.1 Å². The van der Waals surface area contributed by atoms with Gasteiger partial charge in [-0.1, -0.05) is 0 Å². The van der Waals surface area contributed by atoms with Gasteiger partial charge in [0.05, 0.1) is 41.9 Å². The Morgan fingerprint density at radius 3 is 2.87 bits per heavy atom. The van der Waals surface area contributed by atoms with Gasteiger partial charge in [0.25, 0.3) is 0 Å². The van der Waals surface area contributed by atoms with Crippen LogP contribution in [0.1, 0.15) is 56.3 Å². The van der Waals surface area contributed by atoms with E-state index in [9.17, 15) is 9.90 Å². The number of aryl methyl sites for hydroxylation is 2. The van der Waals surface area contributed by atoms with E-state index in [0.29, 0.717) is 18.8 Å². The molecule has 4 rings (SSSR count). The molecule has 3 heterocycles. The van der Waals surface area contributed by atoms with E-state index < -0.39 is 5.97 Å². The van der Waals surface area contributed by atoms with E-state index in [4.69, 9.17) is 19.2 Å². The minimum atomic E-state index is -0.733. The van der Waals surface area contributed by atoms with Crippen LogP contribution in [0.15, 0.2) is 18.3 Å². The Labute approximate surface area is 182 Å². The lowest BCUT2D eigenvalue weighted by molar-refractivity contribution is -0.169. The van der Waals surface area contributed by atoms with Gasteiger partial charge in [0.1, 0.15) is 5.75 Å². The van der Waals surface area contributed by atoms with Crippen LogP contribution in [0.5, 0.6) is 5.75 Å². The van der Waals surface area contributed by atoms with Gasteiger partial charge in [0.2, 0.25) is 0 Å². The van der Waals surface area contributed by atoms with Crippen LogP contribution < -0.4 is 4.74 Å². The molecule has 8 nitrogen and oxygen atoms in total. The highest BCUT2D eigenvalue weighted by atomic mass is 16.7. The van der Waals surface area contributed by atoms with Crippen molar-refractivity contribution in [1.82, 2.24) is 14.8 Å². The average molecular weight is 430 g/mol. The molecule has 0 aromatic carbocycles. The van der Waals surface area contributed by atoms with Crippen molar-refractivity contribution in [3.63, 3.8) is 0 Å². The molecule has 0 radical (unpaired) electrons. The van der Waals surface area contributed by atoms with Crippen LogP contribution in [0.4, 0.5) is 0 Å². The van der Waals surface area contributed by atoms with Gasteiger partial charge in [-0.2, -0.15) is 5.10 Å². The molecule has 0 amide bonds. The third kappa shape index (κ3) is 5.25. The van der Waals surface area contributed by atoms with Gasteiger partial charge in [0, 0.05) is 19.2 Å². The molecule has 168 valence electrons. The second-order valence-electron chi connectivity index (χ2n) is 8.46. The number of pyridine rings is 1. The minimum absolute atomic E-state index is 0.0842. The van der Waals surface area contributed by atoms with Crippen LogP contribution in [0, 0.1) is 12.8 Å². The molecule has 8 heteroatoms. The molecule has 1 aliphatic heterocycles. The van der Waals surface area contributed by atoms with Gasteiger partial charge in [-0.05, 0) is 64.0 Å². The normalized spacial score (nSPS) is 24.1. The van der Waals surface area contributed by atoms with Gasteiger partial charge in [-0.3, -0.25) is 9.48 Å². The third-order valence-electron chi connectivity index (χ3n) is 6.19. The molecule has 1 unspecified atom stereocenters. The first-order valence-electron chi connectivity index (χ1n) is 11.1. The zero-order valence-corrected chi connectivity index (χ0v) is 18.2. The fraction of sp³-hybridized carbons (Fsp3) is 0.609. The molecule has 0 bridgehead atoms. The molecule has 0 spiro atoms. The highest BCUT2D eigenvalue weighted by molar-refractivity contribution is 5.70. The lowest BCUT2D eigenvalue weighted by Crippen LogP contribution is -2.29. The van der Waals surface area contributed by atoms with Crippen molar-refractivity contribution in [2.45, 2.75) is 70.9 Å². The molecular formula is C23H31N3O5. The predicted octanol–water partition coefficient (Wildman–Crippen LogP) is 3.86. The highest BCUT2D eigenvalue weighted by Gasteiger charge is 2.28. The smallest absolute Gasteiger partial charge is 0.306 e. The summed E-state index contributed by atoms with van der Waals surface area (Å²) in [6.45, 7) is 3.08. The summed E-state index contributed by atoms with van der Waals surface area (Å²) in [7, 11) is 1.90. The SMILES string of the molecule is Cc1nc(-c2cnn(C)c2COC2CCCCO2)ccc1O[C@H]1CCC[C@H](C(=O)O)C1. The van der Waals surface area contributed by atoms with E-state index in [1.807, 2.05) is 30.8 Å². The number of aromatic nitrogens is 3. The van der Waals surface area contributed by atoms with E-state index in [2.05, 4.69) is 5.10 Å². The summed E-state index contributed by atoms with van der Waals surface area (Å²) < 4.78 is 19.6. The van der Waals surface area contributed by atoms with Crippen molar-refractivity contribution in [1.29, 1.82) is 0 Å². The second-order valence-corrected chi connectivity index (χ2v) is 8.46. The fourth-order valence-electron chi connectivity index (χ4n) is 4.34. The first-order valence-corrected chi connectivity index (χ1v) is 11.1. The van der Waals surface area contributed by atoms with Crippen LogP contribution >= 0.6 is 0 Å². The summed E-state index contributed by atoms with van der Waals surface area (Å²) in [5.74, 6) is -0.349. The van der Waals surface area contributed by atoms with Crippen molar-refractivity contribution in [3.8, 4) is 17.0 Å². The van der Waals surface area contributed by atoms with E-state index in [1.165, 1.54) is 0 Å². The summed E-state index contributed by atoms with van der Waals surface area (Å²) in [4.78, 5) is 16.1. The standard InChI is InChI=1S/C23H31N3O5/c1-15-21(31-17-7-5-6-16(12-17)23(27)28)10-9-19(25-15)18-13-24-26(2)20(18)14-30-22-8-3-4-11-29-22/h9-10,13,16-17,22H,3-8,11-12,14H2,1-2H3,(H,27,28)/t16-,17-,22?/m0/s1. The summed E-state index contributed by atoms with van der Waals surface area (Å²) in [6, 6.07) is 3.85. The number of ether oxygens (including phenoxy) is 3. The summed E-state index contributed by atoms with van der Waals surface area (Å²) >= 11 is 0. The van der Waals surface area contributed by atoms with E-state index >= 15 is 0 Å². The van der Waals surface area contributed by atoms with E-state index in [1.54, 1.807) is 6.20 Å². The number of nitrogens with zero attached hydrogens (tertiary/aromatic N) is 3. The van der Waals surface area contributed by atoms with Crippen LogP contribution in [0.3, 0.4) is 0 Å². The number of hydrogen-bond donors (Lipinski definition) is 1. The van der Waals surface area contributed by atoms with E-state index in [-0.39, 0.29) is 18.3 Å². The molecule has 2 aromatic heterocycles. The number of aliphatic carboxylic acids is 1. The Morgan fingerprint density at radius 2 is 2.13 bits per heavy atom. The van der Waals surface area contributed by atoms with Crippen molar-refractivity contribution >= 4 is 5.97 Å². The maximum Gasteiger partial charge on any atom is 0.306 e. The Bertz CT molecular complexity index is 907. The van der Waals surface area contributed by atoms with Crippen molar-refractivity contribution in [2.24, 2.45) is 13.0 Å². The Morgan fingerprint density at radius 1 is 1.26 bits per heavy atom. The highest BCUT2D eigenvalue weighted by Crippen LogP contribution is 2.31. The van der Waals surface area contributed by atoms with E-state index in [0.717, 1.165) is 67.8 Å². The Balaban J connectivity index is 1.45. The zero-order chi connectivity index (χ0) is 21.8. The van der Waals surface area contributed by atoms with Gasteiger partial charge in [0.15, 0.2) is 6.29 Å². The number of rotatable bonds is 7. The molecule has 1 saturated carbocycles. The molecule has 1 N–H and O–H groups in total. The predicted molar refractivity (Wildman–Crippen MR) is 114 cm³/mol. The van der Waals surface area contributed by atoms with Gasteiger partial charge in [-0.25, -0.2) is 4.98 Å². The number of carboxylic acid groups (broad SMARTS) is 1. The summed E-state index contributed by atoms with van der Waals surface area (Å²) in [5, 5.41) is 13.7. The van der Waals surface area contributed by atoms with Gasteiger partial charge < -0.3 is 19.3 Å². The molecule has 2 aromatic rings. The lowest BCUT2D eigenvalue weighted by atomic mass is 9.87. The van der Waals surface area contributed by atoms with Gasteiger partial charge in [-0.15, -0.1) is 0 Å². The quantitative estimate of drug-likeness (QED) is 0.714. The lowest BCUT2D eigenvalue weighted by Gasteiger charge is -2.27. The first kappa shape index (κ1) is 21.8. The largest absolute Gasteiger partial charge is 0.489 e. The monoisotopic (exact) mass is 429 g/mol. The zero-order valence-electron chi connectivity index (χ0n) is 18.2. The van der Waals surface area contributed by atoms with Crippen LogP contribution in [-0.4, -0.2) is 44.8 Å². The molecule has 3 atom stereocenters.